The van der Waals surface area contributed by atoms with Crippen LogP contribution in [0.3, 0.4) is 0 Å². The maximum Gasteiger partial charge on any atom is 0.344 e. The van der Waals surface area contributed by atoms with E-state index < -0.39 is 10.5 Å². The van der Waals surface area contributed by atoms with Crippen molar-refractivity contribution < 1.29 is 14.1 Å². The van der Waals surface area contributed by atoms with E-state index in [9.17, 15) is 14.9 Å². The highest BCUT2D eigenvalue weighted by atomic mass is 16.6. The zero-order chi connectivity index (χ0) is 16.3. The zero-order valence-electron chi connectivity index (χ0n) is 12.5. The molecule has 0 fully saturated rings. The molecule has 0 N–H and O–H groups in total. The standard InChI is InChI=1S/C14H9NO5.C2H6/c1-19-11-3-2-4-12-13(11)9-6-5-8(15(17)18)7-10(9)14(16)20-12;1-2/h2-7H,1H3;1-2H3. The Hall–Kier alpha value is -2.89. The minimum atomic E-state index is -0.607. The lowest BCUT2D eigenvalue weighted by Crippen LogP contribution is -2.01. The monoisotopic (exact) mass is 301 g/mol. The summed E-state index contributed by atoms with van der Waals surface area (Å²) in [7, 11) is 1.51. The molecule has 114 valence electrons. The Morgan fingerprint density at radius 1 is 1.14 bits per heavy atom. The molecule has 0 aliphatic heterocycles. The van der Waals surface area contributed by atoms with Gasteiger partial charge in [0.25, 0.3) is 5.69 Å². The van der Waals surface area contributed by atoms with Crippen LogP contribution in [0.4, 0.5) is 5.69 Å². The number of rotatable bonds is 2. The van der Waals surface area contributed by atoms with Crippen LogP contribution in [0.1, 0.15) is 13.8 Å². The highest BCUT2D eigenvalue weighted by Gasteiger charge is 2.15. The zero-order valence-corrected chi connectivity index (χ0v) is 12.5. The van der Waals surface area contributed by atoms with Crippen molar-refractivity contribution in [1.82, 2.24) is 0 Å². The van der Waals surface area contributed by atoms with Gasteiger partial charge in [0.2, 0.25) is 0 Å². The van der Waals surface area contributed by atoms with Gasteiger partial charge in [0.15, 0.2) is 0 Å². The van der Waals surface area contributed by atoms with E-state index in [1.54, 1.807) is 18.2 Å². The predicted molar refractivity (Wildman–Crippen MR) is 84.5 cm³/mol. The molecule has 0 saturated carbocycles. The normalized spacial score (nSPS) is 10.1. The van der Waals surface area contributed by atoms with Crippen molar-refractivity contribution in [2.24, 2.45) is 0 Å². The Morgan fingerprint density at radius 3 is 2.50 bits per heavy atom. The first-order chi connectivity index (χ1) is 10.6. The van der Waals surface area contributed by atoms with Crippen molar-refractivity contribution in [3.8, 4) is 5.75 Å². The molecule has 1 heterocycles. The van der Waals surface area contributed by atoms with E-state index in [2.05, 4.69) is 0 Å². The first-order valence-corrected chi connectivity index (χ1v) is 6.80. The highest BCUT2D eigenvalue weighted by Crippen LogP contribution is 2.32. The van der Waals surface area contributed by atoms with Crippen LogP contribution in [-0.4, -0.2) is 12.0 Å². The number of benzene rings is 2. The SMILES string of the molecule is CC.COc1cccc2oc(=O)c3cc([N+](=O)[O-])ccc3c12. The van der Waals surface area contributed by atoms with Crippen molar-refractivity contribution >= 4 is 27.4 Å². The first-order valence-electron chi connectivity index (χ1n) is 6.80. The van der Waals surface area contributed by atoms with Crippen LogP contribution in [-0.2, 0) is 0 Å². The number of fused-ring (bicyclic) bond motifs is 3. The van der Waals surface area contributed by atoms with Gasteiger partial charge in [-0.3, -0.25) is 10.1 Å². The van der Waals surface area contributed by atoms with Gasteiger partial charge in [-0.2, -0.15) is 0 Å². The molecule has 0 saturated heterocycles. The second-order valence-corrected chi connectivity index (χ2v) is 4.21. The van der Waals surface area contributed by atoms with Crippen LogP contribution < -0.4 is 10.4 Å². The van der Waals surface area contributed by atoms with Crippen LogP contribution in [0.15, 0.2) is 45.6 Å². The fourth-order valence-electron chi connectivity index (χ4n) is 2.22. The topological polar surface area (TPSA) is 82.6 Å². The molecule has 0 spiro atoms. The average molecular weight is 301 g/mol. The second-order valence-electron chi connectivity index (χ2n) is 4.21. The summed E-state index contributed by atoms with van der Waals surface area (Å²) in [6.45, 7) is 4.00. The van der Waals surface area contributed by atoms with Crippen LogP contribution >= 0.6 is 0 Å². The number of nitro groups is 1. The van der Waals surface area contributed by atoms with Gasteiger partial charge in [-0.05, 0) is 18.2 Å². The number of non-ortho nitro benzene ring substituents is 1. The van der Waals surface area contributed by atoms with Gasteiger partial charge >= 0.3 is 5.63 Å². The molecule has 0 unspecified atom stereocenters. The maximum absolute atomic E-state index is 11.9. The minimum absolute atomic E-state index is 0.154. The van der Waals surface area contributed by atoms with Gasteiger partial charge in [0, 0.05) is 17.5 Å². The van der Waals surface area contributed by atoms with Gasteiger partial charge in [0.05, 0.1) is 22.8 Å². The van der Waals surface area contributed by atoms with Gasteiger partial charge in [-0.1, -0.05) is 19.9 Å². The van der Waals surface area contributed by atoms with Crippen LogP contribution in [0.25, 0.3) is 21.7 Å². The molecule has 0 aliphatic carbocycles. The first kappa shape index (κ1) is 15.5. The van der Waals surface area contributed by atoms with Gasteiger partial charge in [-0.15, -0.1) is 0 Å². The summed E-state index contributed by atoms with van der Waals surface area (Å²) in [5.74, 6) is 0.546. The number of hydrogen-bond acceptors (Lipinski definition) is 5. The van der Waals surface area contributed by atoms with Crippen molar-refractivity contribution in [1.29, 1.82) is 0 Å². The van der Waals surface area contributed by atoms with E-state index in [-0.39, 0.29) is 11.1 Å². The third kappa shape index (κ3) is 2.50. The summed E-state index contributed by atoms with van der Waals surface area (Å²) < 4.78 is 10.5. The highest BCUT2D eigenvalue weighted by molar-refractivity contribution is 6.08. The van der Waals surface area contributed by atoms with E-state index in [1.165, 1.54) is 25.3 Å². The Balaban J connectivity index is 0.000000847. The van der Waals surface area contributed by atoms with Crippen LogP contribution in [0.2, 0.25) is 0 Å². The quantitative estimate of drug-likeness (QED) is 0.310. The van der Waals surface area contributed by atoms with Gasteiger partial charge in [0.1, 0.15) is 11.3 Å². The number of nitro benzene ring substituents is 1. The Labute approximate surface area is 126 Å². The van der Waals surface area contributed by atoms with E-state index >= 15 is 0 Å². The number of methoxy groups -OCH3 is 1. The molecule has 1 aromatic heterocycles. The lowest BCUT2D eigenvalue weighted by atomic mass is 10.1. The fraction of sp³-hybridized carbons (Fsp3) is 0.188. The van der Waals surface area contributed by atoms with E-state index in [1.807, 2.05) is 13.8 Å². The molecule has 6 nitrogen and oxygen atoms in total. The number of hydrogen-bond donors (Lipinski definition) is 0. The lowest BCUT2D eigenvalue weighted by molar-refractivity contribution is -0.384. The molecule has 0 bridgehead atoms. The average Bonchev–Trinajstić information content (AvgIpc) is 2.55. The summed E-state index contributed by atoms with van der Waals surface area (Å²) in [5, 5.41) is 12.1. The Kier molecular flexibility index (Phi) is 4.41. The van der Waals surface area contributed by atoms with E-state index in [4.69, 9.17) is 9.15 Å². The molecule has 0 radical (unpaired) electrons. The lowest BCUT2D eigenvalue weighted by Gasteiger charge is -2.07. The summed E-state index contributed by atoms with van der Waals surface area (Å²) >= 11 is 0. The largest absolute Gasteiger partial charge is 0.496 e. The fourth-order valence-corrected chi connectivity index (χ4v) is 2.22. The Morgan fingerprint density at radius 2 is 1.86 bits per heavy atom. The van der Waals surface area contributed by atoms with Crippen LogP contribution in [0.5, 0.6) is 5.75 Å². The molecule has 6 heteroatoms. The smallest absolute Gasteiger partial charge is 0.344 e. The van der Waals surface area contributed by atoms with E-state index in [0.29, 0.717) is 22.1 Å². The van der Waals surface area contributed by atoms with Crippen LogP contribution in [0, 0.1) is 10.1 Å². The third-order valence-corrected chi connectivity index (χ3v) is 3.11. The molecule has 2 aromatic carbocycles. The molecule has 0 atom stereocenters. The second kappa shape index (κ2) is 6.26. The van der Waals surface area contributed by atoms with Crippen molar-refractivity contribution in [2.75, 3.05) is 7.11 Å². The summed E-state index contributed by atoms with van der Waals surface area (Å²) in [6.07, 6.45) is 0. The van der Waals surface area contributed by atoms with Gasteiger partial charge < -0.3 is 9.15 Å². The molecule has 22 heavy (non-hydrogen) atoms. The van der Waals surface area contributed by atoms with E-state index in [0.717, 1.165) is 0 Å². The van der Waals surface area contributed by atoms with Crippen molar-refractivity contribution in [3.05, 3.63) is 56.9 Å². The minimum Gasteiger partial charge on any atom is -0.496 e. The summed E-state index contributed by atoms with van der Waals surface area (Å²) in [6, 6.07) is 9.21. The third-order valence-electron chi connectivity index (χ3n) is 3.11. The summed E-state index contributed by atoms with van der Waals surface area (Å²) in [5.41, 5.74) is -0.376. The summed E-state index contributed by atoms with van der Waals surface area (Å²) in [4.78, 5) is 22.2. The maximum atomic E-state index is 11.9. The Bertz CT molecular complexity index is 898. The molecule has 3 rings (SSSR count). The van der Waals surface area contributed by atoms with Crippen molar-refractivity contribution in [2.45, 2.75) is 13.8 Å². The molecular formula is C16H15NO5. The molecule has 0 amide bonds. The molecule has 3 aromatic rings. The number of nitrogens with zero attached hydrogens (tertiary/aromatic N) is 1. The predicted octanol–water partition coefficient (Wildman–Crippen LogP) is 3.89. The molecular weight excluding hydrogens is 286 g/mol. The van der Waals surface area contributed by atoms with Gasteiger partial charge in [-0.25, -0.2) is 4.79 Å². The number of ether oxygens (including phenoxy) is 1. The molecule has 0 aliphatic rings. The van der Waals surface area contributed by atoms with Crippen molar-refractivity contribution in [3.63, 3.8) is 0 Å².